The fourth-order valence-corrected chi connectivity index (χ4v) is 1.33. The first-order chi connectivity index (χ1) is 6.93. The molecule has 0 aliphatic heterocycles. The first-order valence-electron chi connectivity index (χ1n) is 4.77. The highest BCUT2D eigenvalue weighted by atomic mass is 79.9. The van der Waals surface area contributed by atoms with Gasteiger partial charge in [0.1, 0.15) is 0 Å². The van der Waals surface area contributed by atoms with Crippen LogP contribution in [0, 0.1) is 11.3 Å². The second kappa shape index (κ2) is 6.81. The number of rotatable bonds is 6. The molecule has 0 aliphatic rings. The van der Waals surface area contributed by atoms with Crippen LogP contribution in [0.25, 0.3) is 0 Å². The van der Waals surface area contributed by atoms with Crippen LogP contribution in [0.5, 0.6) is 0 Å². The molecule has 0 heterocycles. The van der Waals surface area contributed by atoms with E-state index in [1.54, 1.807) is 25.9 Å². The predicted octanol–water partition coefficient (Wildman–Crippen LogP) is 1.55. The molecule has 0 aromatic rings. The molecular weight excluding hydrogens is 260 g/mol. The third-order valence-electron chi connectivity index (χ3n) is 1.85. The topological polar surface area (TPSA) is 53.3 Å². The zero-order valence-corrected chi connectivity index (χ0v) is 11.0. The van der Waals surface area contributed by atoms with Gasteiger partial charge in [-0.15, -0.1) is 0 Å². The first kappa shape index (κ1) is 14.4. The molecule has 0 aromatic heterocycles. The van der Waals surface area contributed by atoms with Gasteiger partial charge >= 0.3 is 0 Å². The fraction of sp³-hybridized carbons (Fsp3) is 0.800. The SMILES string of the molecule is COCCN(CCC#N)C(=O)C(C)(C)Br. The summed E-state index contributed by atoms with van der Waals surface area (Å²) >= 11 is 3.31. The molecule has 4 nitrogen and oxygen atoms in total. The number of hydrogen-bond acceptors (Lipinski definition) is 3. The Balaban J connectivity index is 4.35. The summed E-state index contributed by atoms with van der Waals surface area (Å²) in [4.78, 5) is 13.5. The molecule has 0 radical (unpaired) electrons. The smallest absolute Gasteiger partial charge is 0.239 e. The van der Waals surface area contributed by atoms with Crippen LogP contribution in [0.4, 0.5) is 0 Å². The van der Waals surface area contributed by atoms with Gasteiger partial charge in [-0.25, -0.2) is 0 Å². The third kappa shape index (κ3) is 5.75. The van der Waals surface area contributed by atoms with E-state index in [2.05, 4.69) is 15.9 Å². The van der Waals surface area contributed by atoms with Crippen molar-refractivity contribution >= 4 is 21.8 Å². The minimum Gasteiger partial charge on any atom is -0.383 e. The van der Waals surface area contributed by atoms with E-state index in [1.807, 2.05) is 6.07 Å². The van der Waals surface area contributed by atoms with Crippen molar-refractivity contribution in [1.29, 1.82) is 5.26 Å². The summed E-state index contributed by atoms with van der Waals surface area (Å²) in [5.41, 5.74) is 0. The van der Waals surface area contributed by atoms with Crippen molar-refractivity contribution in [3.05, 3.63) is 0 Å². The minimum absolute atomic E-state index is 0.0187. The van der Waals surface area contributed by atoms with E-state index in [0.29, 0.717) is 26.1 Å². The Kier molecular flexibility index (Phi) is 6.53. The number of methoxy groups -OCH3 is 1. The third-order valence-corrected chi connectivity index (χ3v) is 2.19. The second-order valence-electron chi connectivity index (χ2n) is 3.67. The number of nitrogens with zero attached hydrogens (tertiary/aromatic N) is 2. The highest BCUT2D eigenvalue weighted by molar-refractivity contribution is 9.10. The van der Waals surface area contributed by atoms with E-state index in [0.717, 1.165) is 0 Å². The number of carbonyl (C=O) groups excluding carboxylic acids is 1. The molecule has 0 bridgehead atoms. The van der Waals surface area contributed by atoms with E-state index in [9.17, 15) is 4.79 Å². The summed E-state index contributed by atoms with van der Waals surface area (Å²) in [6.45, 7) is 5.04. The number of alkyl halides is 1. The lowest BCUT2D eigenvalue weighted by Crippen LogP contribution is -2.43. The molecule has 0 aliphatic carbocycles. The van der Waals surface area contributed by atoms with Crippen LogP contribution >= 0.6 is 15.9 Å². The molecule has 1 amide bonds. The maximum absolute atomic E-state index is 11.9. The zero-order chi connectivity index (χ0) is 11.9. The standard InChI is InChI=1S/C10H17BrN2O2/c1-10(2,11)9(14)13(6-4-5-12)7-8-15-3/h4,6-8H2,1-3H3. The van der Waals surface area contributed by atoms with Crippen LogP contribution in [0.1, 0.15) is 20.3 Å². The highest BCUT2D eigenvalue weighted by Gasteiger charge is 2.28. The Morgan fingerprint density at radius 2 is 2.13 bits per heavy atom. The molecule has 0 saturated heterocycles. The molecule has 0 unspecified atom stereocenters. The van der Waals surface area contributed by atoms with Gasteiger partial charge in [0.05, 0.1) is 23.4 Å². The van der Waals surface area contributed by atoms with Gasteiger partial charge in [0.25, 0.3) is 0 Å². The predicted molar refractivity (Wildman–Crippen MR) is 61.7 cm³/mol. The summed E-state index contributed by atoms with van der Waals surface area (Å²) < 4.78 is 4.34. The zero-order valence-electron chi connectivity index (χ0n) is 9.42. The number of nitriles is 1. The van der Waals surface area contributed by atoms with Gasteiger partial charge in [-0.3, -0.25) is 4.79 Å². The normalized spacial score (nSPS) is 10.9. The monoisotopic (exact) mass is 276 g/mol. The lowest BCUT2D eigenvalue weighted by atomic mass is 10.2. The molecule has 86 valence electrons. The van der Waals surface area contributed by atoms with E-state index < -0.39 is 4.32 Å². The van der Waals surface area contributed by atoms with Gasteiger partial charge in [-0.1, -0.05) is 15.9 Å². The van der Waals surface area contributed by atoms with E-state index in [-0.39, 0.29) is 5.91 Å². The van der Waals surface area contributed by atoms with Crippen molar-refractivity contribution in [3.8, 4) is 6.07 Å². The Hall–Kier alpha value is -0.600. The summed E-state index contributed by atoms with van der Waals surface area (Å²) in [5, 5.41) is 8.49. The van der Waals surface area contributed by atoms with Crippen molar-refractivity contribution < 1.29 is 9.53 Å². The highest BCUT2D eigenvalue weighted by Crippen LogP contribution is 2.19. The van der Waals surface area contributed by atoms with E-state index >= 15 is 0 Å². The molecule has 15 heavy (non-hydrogen) atoms. The molecular formula is C10H17BrN2O2. The average molecular weight is 277 g/mol. The largest absolute Gasteiger partial charge is 0.383 e. The molecule has 5 heteroatoms. The Bertz CT molecular complexity index is 243. The Labute approximate surface area is 99.3 Å². The molecule has 0 spiro atoms. The van der Waals surface area contributed by atoms with Crippen LogP contribution in [0.3, 0.4) is 0 Å². The molecule has 0 aromatic carbocycles. The lowest BCUT2D eigenvalue weighted by molar-refractivity contribution is -0.133. The van der Waals surface area contributed by atoms with Crippen molar-refractivity contribution in [3.63, 3.8) is 0 Å². The van der Waals surface area contributed by atoms with Gasteiger partial charge in [0.2, 0.25) is 5.91 Å². The Morgan fingerprint density at radius 1 is 1.53 bits per heavy atom. The van der Waals surface area contributed by atoms with E-state index in [4.69, 9.17) is 10.00 Å². The van der Waals surface area contributed by atoms with Crippen molar-refractivity contribution in [2.45, 2.75) is 24.6 Å². The van der Waals surface area contributed by atoms with E-state index in [1.165, 1.54) is 0 Å². The van der Waals surface area contributed by atoms with Crippen LogP contribution in [0.2, 0.25) is 0 Å². The van der Waals surface area contributed by atoms with Crippen LogP contribution in [0.15, 0.2) is 0 Å². The fourth-order valence-electron chi connectivity index (χ4n) is 1.08. The lowest BCUT2D eigenvalue weighted by Gasteiger charge is -2.27. The van der Waals surface area contributed by atoms with Crippen LogP contribution < -0.4 is 0 Å². The second-order valence-corrected chi connectivity index (χ2v) is 5.65. The molecule has 0 rings (SSSR count). The molecule has 0 fully saturated rings. The van der Waals surface area contributed by atoms with Crippen LogP contribution in [-0.2, 0) is 9.53 Å². The number of amides is 1. The average Bonchev–Trinajstić information content (AvgIpc) is 2.16. The van der Waals surface area contributed by atoms with Gasteiger partial charge in [-0.2, -0.15) is 5.26 Å². The maximum Gasteiger partial charge on any atom is 0.239 e. The Morgan fingerprint density at radius 3 is 2.53 bits per heavy atom. The minimum atomic E-state index is -0.587. The van der Waals surface area contributed by atoms with Crippen LogP contribution in [-0.4, -0.2) is 41.9 Å². The number of ether oxygens (including phenoxy) is 1. The molecule has 0 saturated carbocycles. The van der Waals surface area contributed by atoms with Crippen molar-refractivity contribution in [2.24, 2.45) is 0 Å². The maximum atomic E-state index is 11.9. The first-order valence-corrected chi connectivity index (χ1v) is 5.57. The van der Waals surface area contributed by atoms with Gasteiger partial charge in [-0.05, 0) is 13.8 Å². The van der Waals surface area contributed by atoms with Crippen molar-refractivity contribution in [1.82, 2.24) is 4.90 Å². The van der Waals surface area contributed by atoms with Gasteiger partial charge in [0, 0.05) is 20.2 Å². The number of hydrogen-bond donors (Lipinski definition) is 0. The summed E-state index contributed by atoms with van der Waals surface area (Å²) in [5.74, 6) is -0.0187. The van der Waals surface area contributed by atoms with Gasteiger partial charge < -0.3 is 9.64 Å². The molecule has 0 N–H and O–H groups in total. The summed E-state index contributed by atoms with van der Waals surface area (Å²) in [6.07, 6.45) is 0.346. The summed E-state index contributed by atoms with van der Waals surface area (Å²) in [7, 11) is 1.59. The van der Waals surface area contributed by atoms with Crippen molar-refractivity contribution in [2.75, 3.05) is 26.8 Å². The molecule has 0 atom stereocenters. The summed E-state index contributed by atoms with van der Waals surface area (Å²) in [6, 6.07) is 2.03. The number of halogens is 1. The number of carbonyl (C=O) groups is 1. The van der Waals surface area contributed by atoms with Gasteiger partial charge in [0.15, 0.2) is 0 Å². The quantitative estimate of drug-likeness (QED) is 0.692.